The maximum absolute atomic E-state index is 13.0. The SMILES string of the molecule is CCCCCCCCCCCCCCCCCCCCC/C=C/CC/C=C/C(O)C(COP(=O)(O)OCC[N+](C)(C)C)NC(=O)CCCCCCCCCCCCCCCCCCCCCCCCCCCCCC. The predicted molar refractivity (Wildman–Crippen MR) is 328 cm³/mol. The number of carbonyl (C=O) groups excluding carboxylic acids is 1. The first kappa shape index (κ1) is 74.0. The fourth-order valence-electron chi connectivity index (χ4n) is 10.2. The van der Waals surface area contributed by atoms with Crippen molar-refractivity contribution in [2.45, 2.75) is 353 Å². The summed E-state index contributed by atoms with van der Waals surface area (Å²) in [7, 11) is 1.57. The maximum atomic E-state index is 13.0. The third-order valence-corrected chi connectivity index (χ3v) is 16.4. The van der Waals surface area contributed by atoms with Crippen molar-refractivity contribution in [1.29, 1.82) is 0 Å². The Kier molecular flexibility index (Phi) is 56.9. The number of carbonyl (C=O) groups is 1. The normalized spacial score (nSPS) is 13.9. The highest BCUT2D eigenvalue weighted by molar-refractivity contribution is 7.47. The summed E-state index contributed by atoms with van der Waals surface area (Å²) in [5, 5.41) is 14.0. The van der Waals surface area contributed by atoms with Crippen LogP contribution in [-0.2, 0) is 18.4 Å². The van der Waals surface area contributed by atoms with E-state index in [9.17, 15) is 19.4 Å². The second kappa shape index (κ2) is 57.7. The van der Waals surface area contributed by atoms with Gasteiger partial charge >= 0.3 is 7.82 Å². The van der Waals surface area contributed by atoms with Crippen molar-refractivity contribution >= 4 is 13.7 Å². The van der Waals surface area contributed by atoms with E-state index < -0.39 is 20.0 Å². The number of amides is 1. The van der Waals surface area contributed by atoms with Gasteiger partial charge in [0.1, 0.15) is 13.2 Å². The van der Waals surface area contributed by atoms with Crippen molar-refractivity contribution in [1.82, 2.24) is 5.32 Å². The van der Waals surface area contributed by atoms with E-state index >= 15 is 0 Å². The van der Waals surface area contributed by atoms with Gasteiger partial charge in [-0.2, -0.15) is 0 Å². The number of nitrogens with zero attached hydrogens (tertiary/aromatic N) is 1. The van der Waals surface area contributed by atoms with Gasteiger partial charge in [-0.05, 0) is 32.1 Å². The molecule has 3 N–H and O–H groups in total. The standard InChI is InChI=1S/C66H131N2O6P/c1-6-8-10-12-14-16-18-20-22-24-26-28-30-32-33-34-36-38-40-42-44-46-48-50-52-54-56-58-60-66(70)67-64(63-74-75(71,72)73-62-61-68(3,4)5)65(69)59-57-55-53-51-49-47-45-43-41-39-37-35-31-29-27-25-23-21-19-17-15-13-11-9-7-2/h49,51,57,59,64-65,69H,6-48,50,52-56,58,60-63H2,1-5H3,(H-,67,70,71,72)/p+1/b51-49+,59-57+. The minimum absolute atomic E-state index is 0.0590. The zero-order valence-corrected chi connectivity index (χ0v) is 52.0. The van der Waals surface area contributed by atoms with Crippen LogP contribution in [0.2, 0.25) is 0 Å². The van der Waals surface area contributed by atoms with Crippen molar-refractivity contribution in [3.8, 4) is 0 Å². The highest BCUT2D eigenvalue weighted by Gasteiger charge is 2.28. The van der Waals surface area contributed by atoms with Gasteiger partial charge in [0.25, 0.3) is 0 Å². The quantitative estimate of drug-likeness (QED) is 0.0243. The Hall–Kier alpha value is -1.02. The van der Waals surface area contributed by atoms with Gasteiger partial charge < -0.3 is 19.8 Å². The first-order chi connectivity index (χ1) is 36.5. The first-order valence-electron chi connectivity index (χ1n) is 33.2. The predicted octanol–water partition coefficient (Wildman–Crippen LogP) is 20.7. The van der Waals surface area contributed by atoms with Crippen LogP contribution >= 0.6 is 7.82 Å². The second-order valence-electron chi connectivity index (χ2n) is 24.2. The van der Waals surface area contributed by atoms with E-state index in [2.05, 4.69) is 31.3 Å². The molecule has 0 aliphatic carbocycles. The van der Waals surface area contributed by atoms with Crippen molar-refractivity contribution < 1.29 is 32.9 Å². The lowest BCUT2D eigenvalue weighted by molar-refractivity contribution is -0.870. The van der Waals surface area contributed by atoms with Gasteiger partial charge in [-0.1, -0.05) is 327 Å². The number of rotatable bonds is 62. The van der Waals surface area contributed by atoms with E-state index in [-0.39, 0.29) is 19.1 Å². The van der Waals surface area contributed by atoms with Gasteiger partial charge in [0.15, 0.2) is 0 Å². The van der Waals surface area contributed by atoms with Gasteiger partial charge in [-0.3, -0.25) is 13.8 Å². The molecule has 3 unspecified atom stereocenters. The first-order valence-corrected chi connectivity index (χ1v) is 34.7. The van der Waals surface area contributed by atoms with Crippen LogP contribution in [0.15, 0.2) is 24.3 Å². The fraction of sp³-hybridized carbons (Fsp3) is 0.924. The largest absolute Gasteiger partial charge is 0.472 e. The minimum Gasteiger partial charge on any atom is -0.387 e. The number of nitrogens with one attached hydrogen (secondary N) is 1. The van der Waals surface area contributed by atoms with Gasteiger partial charge in [0, 0.05) is 6.42 Å². The number of allylic oxidation sites excluding steroid dienone is 3. The summed E-state index contributed by atoms with van der Waals surface area (Å²) in [5.41, 5.74) is 0. The third-order valence-electron chi connectivity index (χ3n) is 15.4. The Labute approximate surface area is 468 Å². The molecule has 8 nitrogen and oxygen atoms in total. The molecule has 0 radical (unpaired) electrons. The van der Waals surface area contributed by atoms with Crippen LogP contribution < -0.4 is 5.32 Å². The molecule has 0 saturated carbocycles. The molecule has 9 heteroatoms. The number of aliphatic hydroxyl groups is 1. The van der Waals surface area contributed by atoms with Crippen molar-refractivity contribution in [2.24, 2.45) is 0 Å². The molecule has 0 aromatic rings. The Bertz CT molecular complexity index is 1270. The minimum atomic E-state index is -4.36. The summed E-state index contributed by atoms with van der Waals surface area (Å²) in [5.74, 6) is -0.178. The zero-order valence-electron chi connectivity index (χ0n) is 51.1. The van der Waals surface area contributed by atoms with E-state index in [0.717, 1.165) is 38.5 Å². The van der Waals surface area contributed by atoms with E-state index in [1.807, 2.05) is 27.2 Å². The van der Waals surface area contributed by atoms with E-state index in [1.165, 1.54) is 283 Å². The smallest absolute Gasteiger partial charge is 0.387 e. The zero-order chi connectivity index (χ0) is 54.9. The van der Waals surface area contributed by atoms with Crippen LogP contribution in [0.5, 0.6) is 0 Å². The van der Waals surface area contributed by atoms with Gasteiger partial charge in [0.2, 0.25) is 5.91 Å². The number of hydrogen-bond acceptors (Lipinski definition) is 5. The molecule has 0 aromatic heterocycles. The van der Waals surface area contributed by atoms with E-state index in [1.54, 1.807) is 6.08 Å². The Balaban J connectivity index is 4.11. The topological polar surface area (TPSA) is 105 Å². The lowest BCUT2D eigenvalue weighted by Crippen LogP contribution is -2.45. The van der Waals surface area contributed by atoms with Gasteiger partial charge in [0.05, 0.1) is 39.9 Å². The maximum Gasteiger partial charge on any atom is 0.472 e. The van der Waals surface area contributed by atoms with Crippen molar-refractivity contribution in [3.05, 3.63) is 24.3 Å². The molecular weight excluding hydrogens is 948 g/mol. The highest BCUT2D eigenvalue weighted by atomic mass is 31.2. The molecule has 75 heavy (non-hydrogen) atoms. The van der Waals surface area contributed by atoms with Crippen LogP contribution in [0.4, 0.5) is 0 Å². The molecule has 0 spiro atoms. The molecule has 0 fully saturated rings. The molecule has 0 rings (SSSR count). The fourth-order valence-corrected chi connectivity index (χ4v) is 11.0. The van der Waals surface area contributed by atoms with Crippen molar-refractivity contribution in [3.63, 3.8) is 0 Å². The van der Waals surface area contributed by atoms with Crippen LogP contribution in [0, 0.1) is 0 Å². The monoisotopic (exact) mass is 1080 g/mol. The molecule has 446 valence electrons. The number of phosphoric acid groups is 1. The average molecular weight is 1080 g/mol. The number of likely N-dealkylation sites (N-methyl/N-ethyl adjacent to an activating group) is 1. The third kappa shape index (κ3) is 60.5. The van der Waals surface area contributed by atoms with E-state index in [4.69, 9.17) is 9.05 Å². The molecule has 0 heterocycles. The molecule has 0 aliphatic heterocycles. The molecule has 0 aliphatic rings. The summed E-state index contributed by atoms with van der Waals surface area (Å²) in [6.07, 6.45) is 74.6. The van der Waals surface area contributed by atoms with E-state index in [0.29, 0.717) is 17.4 Å². The lowest BCUT2D eigenvalue weighted by Gasteiger charge is -2.25. The van der Waals surface area contributed by atoms with Gasteiger partial charge in [-0.15, -0.1) is 0 Å². The van der Waals surface area contributed by atoms with Crippen LogP contribution in [0.3, 0.4) is 0 Å². The molecule has 0 saturated heterocycles. The number of unbranched alkanes of at least 4 members (excludes halogenated alkanes) is 47. The van der Waals surface area contributed by atoms with Crippen LogP contribution in [0.1, 0.15) is 341 Å². The molecule has 1 amide bonds. The average Bonchev–Trinajstić information content (AvgIpc) is 3.37. The highest BCUT2D eigenvalue weighted by Crippen LogP contribution is 2.43. The summed E-state index contributed by atoms with van der Waals surface area (Å²) in [6.45, 7) is 4.86. The molecular formula is C66H132N2O6P+. The Morgan fingerprint density at radius 2 is 0.733 bits per heavy atom. The summed E-state index contributed by atoms with van der Waals surface area (Å²) in [6, 6.07) is -0.861. The molecule has 0 bridgehead atoms. The number of hydrogen-bond donors (Lipinski definition) is 3. The lowest BCUT2D eigenvalue weighted by atomic mass is 10.0. The molecule has 0 aromatic carbocycles. The van der Waals surface area contributed by atoms with Gasteiger partial charge in [-0.25, -0.2) is 4.57 Å². The number of phosphoric ester groups is 1. The summed E-state index contributed by atoms with van der Waals surface area (Å²) < 4.78 is 23.8. The molecule has 3 atom stereocenters. The summed E-state index contributed by atoms with van der Waals surface area (Å²) >= 11 is 0. The number of quaternary nitrogens is 1. The second-order valence-corrected chi connectivity index (χ2v) is 25.7. The summed E-state index contributed by atoms with van der Waals surface area (Å²) in [4.78, 5) is 23.4. The Morgan fingerprint density at radius 3 is 1.07 bits per heavy atom. The Morgan fingerprint density at radius 1 is 0.440 bits per heavy atom. The number of aliphatic hydroxyl groups excluding tert-OH is 1. The van der Waals surface area contributed by atoms with Crippen LogP contribution in [0.25, 0.3) is 0 Å². The van der Waals surface area contributed by atoms with Crippen LogP contribution in [-0.4, -0.2) is 73.4 Å². The van der Waals surface area contributed by atoms with Crippen molar-refractivity contribution in [2.75, 3.05) is 40.9 Å².